The van der Waals surface area contributed by atoms with Gasteiger partial charge < -0.3 is 15.3 Å². The summed E-state index contributed by atoms with van der Waals surface area (Å²) in [6, 6.07) is 15.2. The third-order valence-electron chi connectivity index (χ3n) is 7.84. The van der Waals surface area contributed by atoms with Crippen LogP contribution in [0.3, 0.4) is 0 Å². The molecule has 2 N–H and O–H groups in total. The Morgan fingerprint density at radius 2 is 1.83 bits per heavy atom. The number of para-hydroxylation sites is 1. The SMILES string of the molecule is CCc1cccc(CC)c1-n1c(C(C)C)c(C(=O)N2CCN[C@@H](CO)C2)cc(-c2nc(-c3ccc(Cl)cc3)cs2)c1=O. The fourth-order valence-corrected chi connectivity index (χ4v) is 6.66. The molecule has 42 heavy (non-hydrogen) atoms. The summed E-state index contributed by atoms with van der Waals surface area (Å²) in [7, 11) is 0. The van der Waals surface area contributed by atoms with E-state index in [1.54, 1.807) is 15.5 Å². The lowest BCUT2D eigenvalue weighted by molar-refractivity contribution is 0.0669. The number of carbonyl (C=O) groups is 1. The van der Waals surface area contributed by atoms with Crippen LogP contribution in [0.25, 0.3) is 27.5 Å². The molecule has 5 rings (SSSR count). The molecule has 1 saturated heterocycles. The van der Waals surface area contributed by atoms with Crippen LogP contribution < -0.4 is 10.9 Å². The zero-order valence-electron chi connectivity index (χ0n) is 24.5. The molecule has 1 amide bonds. The summed E-state index contributed by atoms with van der Waals surface area (Å²) in [5, 5.41) is 16.2. The van der Waals surface area contributed by atoms with E-state index in [1.165, 1.54) is 11.3 Å². The van der Waals surface area contributed by atoms with E-state index >= 15 is 0 Å². The normalized spacial score (nSPS) is 15.4. The van der Waals surface area contributed by atoms with Crippen molar-refractivity contribution in [2.45, 2.75) is 52.5 Å². The van der Waals surface area contributed by atoms with Crippen molar-refractivity contribution in [1.82, 2.24) is 19.8 Å². The van der Waals surface area contributed by atoms with Gasteiger partial charge in [-0.1, -0.05) is 69.6 Å². The van der Waals surface area contributed by atoms with Gasteiger partial charge >= 0.3 is 0 Å². The van der Waals surface area contributed by atoms with Crippen LogP contribution in [-0.4, -0.2) is 57.7 Å². The van der Waals surface area contributed by atoms with Gasteiger partial charge in [0, 0.05) is 47.3 Å². The van der Waals surface area contributed by atoms with Crippen LogP contribution >= 0.6 is 22.9 Å². The average molecular weight is 605 g/mol. The first-order valence-electron chi connectivity index (χ1n) is 14.5. The standard InChI is InChI=1S/C33H37ClN4O3S/c1-5-21-8-7-9-22(6-2)30(21)38-29(20(3)4)26(32(40)37-15-14-35-25(17-37)18-39)16-27(33(38)41)31-36-28(19-42-31)23-10-12-24(34)13-11-23/h7-13,16,19-20,25,35,39H,5-6,14-15,17-18H2,1-4H3/t25-/m1/s1. The topological polar surface area (TPSA) is 87.5 Å². The number of aliphatic hydroxyl groups excluding tert-OH is 1. The summed E-state index contributed by atoms with van der Waals surface area (Å²) in [5.74, 6) is -0.257. The fourth-order valence-electron chi connectivity index (χ4n) is 5.70. The first-order valence-corrected chi connectivity index (χ1v) is 15.8. The van der Waals surface area contributed by atoms with E-state index in [-0.39, 0.29) is 30.0 Å². The number of benzene rings is 2. The molecule has 1 atom stereocenters. The molecule has 4 aromatic rings. The van der Waals surface area contributed by atoms with Gasteiger partial charge in [0.05, 0.1) is 29.1 Å². The zero-order valence-corrected chi connectivity index (χ0v) is 26.1. The number of nitrogens with zero attached hydrogens (tertiary/aromatic N) is 3. The Hall–Kier alpha value is -3.30. The van der Waals surface area contributed by atoms with E-state index in [2.05, 4.69) is 31.3 Å². The quantitative estimate of drug-likeness (QED) is 0.260. The molecule has 9 heteroatoms. The fraction of sp³-hybridized carbons (Fsp3) is 0.364. The molecular weight excluding hydrogens is 568 g/mol. The predicted octanol–water partition coefficient (Wildman–Crippen LogP) is 5.94. The van der Waals surface area contributed by atoms with Crippen LogP contribution in [0, 0.1) is 0 Å². The van der Waals surface area contributed by atoms with Gasteiger partial charge in [0.1, 0.15) is 5.01 Å². The molecule has 1 aliphatic heterocycles. The smallest absolute Gasteiger partial charge is 0.265 e. The highest BCUT2D eigenvalue weighted by Crippen LogP contribution is 2.33. The number of pyridine rings is 1. The van der Waals surface area contributed by atoms with Gasteiger partial charge in [-0.25, -0.2) is 4.98 Å². The van der Waals surface area contributed by atoms with Crippen molar-refractivity contribution in [3.63, 3.8) is 0 Å². The van der Waals surface area contributed by atoms with Gasteiger partial charge in [0.15, 0.2) is 0 Å². The number of rotatable bonds is 8. The number of aryl methyl sites for hydroxylation is 2. The van der Waals surface area contributed by atoms with Crippen LogP contribution in [0.15, 0.2) is 58.7 Å². The van der Waals surface area contributed by atoms with Crippen LogP contribution in [0.5, 0.6) is 0 Å². The minimum Gasteiger partial charge on any atom is -0.395 e. The summed E-state index contributed by atoms with van der Waals surface area (Å²) in [6.07, 6.45) is 1.49. The lowest BCUT2D eigenvalue weighted by Gasteiger charge is -2.34. The van der Waals surface area contributed by atoms with E-state index in [4.69, 9.17) is 16.6 Å². The molecule has 0 unspecified atom stereocenters. The van der Waals surface area contributed by atoms with Crippen molar-refractivity contribution in [2.75, 3.05) is 26.2 Å². The van der Waals surface area contributed by atoms with Crippen molar-refractivity contribution >= 4 is 28.8 Å². The summed E-state index contributed by atoms with van der Waals surface area (Å²) in [6.45, 7) is 9.68. The van der Waals surface area contributed by atoms with Crippen molar-refractivity contribution in [2.24, 2.45) is 0 Å². The lowest BCUT2D eigenvalue weighted by Crippen LogP contribution is -2.54. The number of piperazine rings is 1. The number of amides is 1. The van der Waals surface area contributed by atoms with E-state index in [0.29, 0.717) is 46.5 Å². The molecule has 0 aliphatic carbocycles. The van der Waals surface area contributed by atoms with E-state index in [1.807, 2.05) is 49.6 Å². The number of thiazole rings is 1. The summed E-state index contributed by atoms with van der Waals surface area (Å²) in [5.41, 5.74) is 6.01. The summed E-state index contributed by atoms with van der Waals surface area (Å²) >= 11 is 7.49. The van der Waals surface area contributed by atoms with E-state index in [9.17, 15) is 14.7 Å². The van der Waals surface area contributed by atoms with Crippen LogP contribution in [0.4, 0.5) is 0 Å². The Kier molecular flexibility index (Phi) is 9.28. The molecule has 220 valence electrons. The predicted molar refractivity (Wildman–Crippen MR) is 171 cm³/mol. The van der Waals surface area contributed by atoms with Crippen molar-refractivity contribution in [3.8, 4) is 27.5 Å². The Morgan fingerprint density at radius 3 is 2.45 bits per heavy atom. The first kappa shape index (κ1) is 30.2. The van der Waals surface area contributed by atoms with Gasteiger partial charge in [0.2, 0.25) is 0 Å². The average Bonchev–Trinajstić information content (AvgIpc) is 3.50. The molecule has 3 heterocycles. The molecule has 2 aromatic carbocycles. The Bertz CT molecular complexity index is 1620. The molecule has 2 aromatic heterocycles. The van der Waals surface area contributed by atoms with Gasteiger partial charge in [0.25, 0.3) is 11.5 Å². The Morgan fingerprint density at radius 1 is 1.14 bits per heavy atom. The van der Waals surface area contributed by atoms with Gasteiger partial charge in [-0.3, -0.25) is 14.2 Å². The molecule has 0 spiro atoms. The van der Waals surface area contributed by atoms with E-state index in [0.717, 1.165) is 40.9 Å². The number of nitrogens with one attached hydrogen (secondary N) is 1. The van der Waals surface area contributed by atoms with Crippen molar-refractivity contribution < 1.29 is 9.90 Å². The monoisotopic (exact) mass is 604 g/mol. The highest BCUT2D eigenvalue weighted by atomic mass is 35.5. The van der Waals surface area contributed by atoms with Crippen molar-refractivity contribution in [3.05, 3.63) is 91.7 Å². The van der Waals surface area contributed by atoms with Gasteiger partial charge in [-0.2, -0.15) is 0 Å². The number of aromatic nitrogens is 2. The number of halogens is 1. The molecule has 0 bridgehead atoms. The number of aliphatic hydroxyl groups is 1. The second-order valence-corrected chi connectivity index (χ2v) is 12.2. The molecular formula is C33H37ClN4O3S. The largest absolute Gasteiger partial charge is 0.395 e. The minimum atomic E-state index is -0.191. The van der Waals surface area contributed by atoms with Crippen LogP contribution in [0.2, 0.25) is 5.02 Å². The minimum absolute atomic E-state index is 0.0537. The molecule has 7 nitrogen and oxygen atoms in total. The molecule has 1 aliphatic rings. The summed E-state index contributed by atoms with van der Waals surface area (Å²) < 4.78 is 1.79. The highest BCUT2D eigenvalue weighted by molar-refractivity contribution is 7.13. The van der Waals surface area contributed by atoms with Gasteiger partial charge in [-0.15, -0.1) is 11.3 Å². The third-order valence-corrected chi connectivity index (χ3v) is 8.97. The second-order valence-electron chi connectivity index (χ2n) is 10.9. The molecule has 0 saturated carbocycles. The second kappa shape index (κ2) is 12.9. The molecule has 1 fully saturated rings. The Labute approximate surface area is 255 Å². The van der Waals surface area contributed by atoms with Crippen LogP contribution in [-0.2, 0) is 12.8 Å². The number of hydrogen-bond donors (Lipinski definition) is 2. The Balaban J connectivity index is 1.78. The van der Waals surface area contributed by atoms with Gasteiger partial charge in [-0.05, 0) is 48.1 Å². The zero-order chi connectivity index (χ0) is 30.0. The maximum Gasteiger partial charge on any atom is 0.265 e. The molecule has 0 radical (unpaired) electrons. The lowest BCUT2D eigenvalue weighted by atomic mass is 9.96. The maximum absolute atomic E-state index is 14.6. The summed E-state index contributed by atoms with van der Waals surface area (Å²) in [4.78, 5) is 35.6. The number of hydrogen-bond acceptors (Lipinski definition) is 6. The van der Waals surface area contributed by atoms with E-state index < -0.39 is 0 Å². The van der Waals surface area contributed by atoms with Crippen molar-refractivity contribution in [1.29, 1.82) is 0 Å². The van der Waals surface area contributed by atoms with Crippen LogP contribution in [0.1, 0.15) is 60.8 Å². The first-order chi connectivity index (χ1) is 20.3. The number of carbonyl (C=O) groups excluding carboxylic acids is 1. The maximum atomic E-state index is 14.6. The highest BCUT2D eigenvalue weighted by Gasteiger charge is 2.30. The third kappa shape index (κ3) is 5.81.